The highest BCUT2D eigenvalue weighted by molar-refractivity contribution is 9.10. The van der Waals surface area contributed by atoms with Gasteiger partial charge in [0.05, 0.1) is 11.7 Å². The van der Waals surface area contributed by atoms with E-state index in [0.717, 1.165) is 10.3 Å². The van der Waals surface area contributed by atoms with E-state index in [4.69, 9.17) is 4.74 Å². The predicted molar refractivity (Wildman–Crippen MR) is 78.9 cm³/mol. The number of nitrogens with one attached hydrogen (secondary N) is 1. The fraction of sp³-hybridized carbons (Fsp3) is 0.429. The van der Waals surface area contributed by atoms with Gasteiger partial charge in [-0.2, -0.15) is 0 Å². The van der Waals surface area contributed by atoms with Crippen molar-refractivity contribution in [1.29, 1.82) is 0 Å². The minimum absolute atomic E-state index is 0.246. The number of aromatic nitrogens is 1. The van der Waals surface area contributed by atoms with Gasteiger partial charge in [-0.25, -0.2) is 9.78 Å². The quantitative estimate of drug-likeness (QED) is 0.672. The van der Waals surface area contributed by atoms with Gasteiger partial charge in [-0.1, -0.05) is 12.1 Å². The predicted octanol–water partition coefficient (Wildman–Crippen LogP) is 3.99. The van der Waals surface area contributed by atoms with Gasteiger partial charge in [-0.05, 0) is 55.3 Å². The van der Waals surface area contributed by atoms with E-state index in [0.29, 0.717) is 6.42 Å². The number of nitrogens with zero attached hydrogens (tertiary/aromatic N) is 1. The van der Waals surface area contributed by atoms with Crippen molar-refractivity contribution < 1.29 is 9.53 Å². The van der Waals surface area contributed by atoms with Crippen LogP contribution in [0.1, 0.15) is 38.9 Å². The average Bonchev–Trinajstić information content (AvgIpc) is 2.26. The first-order valence-corrected chi connectivity index (χ1v) is 6.84. The van der Waals surface area contributed by atoms with E-state index in [2.05, 4.69) is 32.8 Å². The summed E-state index contributed by atoms with van der Waals surface area (Å²) < 4.78 is 5.97. The van der Waals surface area contributed by atoms with Crippen LogP contribution in [-0.2, 0) is 4.74 Å². The van der Waals surface area contributed by atoms with E-state index in [9.17, 15) is 4.79 Å². The first-order valence-electron chi connectivity index (χ1n) is 6.04. The standard InChI is InChI=1S/C14H19BrN2O2/c1-5-7-10(11-8-6-9-12(15)16-11)17-13(18)19-14(2,3)4/h5-6,8-10H,1,7H2,2-4H3,(H,17,18)/t10-/m0/s1. The van der Waals surface area contributed by atoms with Crippen LogP contribution in [0.2, 0.25) is 0 Å². The summed E-state index contributed by atoms with van der Waals surface area (Å²) in [5, 5.41) is 2.80. The van der Waals surface area contributed by atoms with E-state index >= 15 is 0 Å². The van der Waals surface area contributed by atoms with Crippen molar-refractivity contribution in [2.24, 2.45) is 0 Å². The molecule has 0 fully saturated rings. The Bertz CT molecular complexity index is 455. The van der Waals surface area contributed by atoms with Gasteiger partial charge in [0.2, 0.25) is 0 Å². The molecule has 0 aliphatic heterocycles. The van der Waals surface area contributed by atoms with Crippen LogP contribution in [-0.4, -0.2) is 16.7 Å². The highest BCUT2D eigenvalue weighted by Gasteiger charge is 2.20. The molecule has 0 unspecified atom stereocenters. The van der Waals surface area contributed by atoms with Gasteiger partial charge < -0.3 is 10.1 Å². The van der Waals surface area contributed by atoms with Crippen molar-refractivity contribution in [2.75, 3.05) is 0 Å². The zero-order valence-electron chi connectivity index (χ0n) is 11.4. The second-order valence-electron chi connectivity index (χ2n) is 5.11. The summed E-state index contributed by atoms with van der Waals surface area (Å²) in [4.78, 5) is 16.1. The van der Waals surface area contributed by atoms with E-state index in [-0.39, 0.29) is 6.04 Å². The van der Waals surface area contributed by atoms with Crippen LogP contribution in [0.4, 0.5) is 4.79 Å². The number of hydrogen-bond acceptors (Lipinski definition) is 3. The Balaban J connectivity index is 2.78. The highest BCUT2D eigenvalue weighted by atomic mass is 79.9. The van der Waals surface area contributed by atoms with Gasteiger partial charge in [0, 0.05) is 0 Å². The number of carbonyl (C=O) groups is 1. The minimum atomic E-state index is -0.520. The van der Waals surface area contributed by atoms with E-state index in [1.54, 1.807) is 6.08 Å². The Morgan fingerprint density at radius 1 is 1.58 bits per heavy atom. The number of alkyl carbamates (subject to hydrolysis) is 1. The zero-order valence-corrected chi connectivity index (χ0v) is 13.0. The molecule has 1 rings (SSSR count). The average molecular weight is 327 g/mol. The molecule has 0 aliphatic rings. The van der Waals surface area contributed by atoms with Gasteiger partial charge in [0.25, 0.3) is 0 Å². The molecule has 1 heterocycles. The van der Waals surface area contributed by atoms with E-state index < -0.39 is 11.7 Å². The highest BCUT2D eigenvalue weighted by Crippen LogP contribution is 2.18. The number of amides is 1. The van der Waals surface area contributed by atoms with Crippen LogP contribution in [0.15, 0.2) is 35.5 Å². The van der Waals surface area contributed by atoms with Crippen LogP contribution in [0.5, 0.6) is 0 Å². The van der Waals surface area contributed by atoms with Crippen molar-refractivity contribution in [2.45, 2.75) is 38.8 Å². The van der Waals surface area contributed by atoms with Crippen molar-refractivity contribution in [3.05, 3.63) is 41.2 Å². The molecule has 1 atom stereocenters. The van der Waals surface area contributed by atoms with Crippen LogP contribution in [0.25, 0.3) is 0 Å². The summed E-state index contributed by atoms with van der Waals surface area (Å²) in [5.41, 5.74) is 0.244. The summed E-state index contributed by atoms with van der Waals surface area (Å²) in [6.07, 6.45) is 1.87. The first-order chi connectivity index (χ1) is 8.81. The number of pyridine rings is 1. The van der Waals surface area contributed by atoms with Gasteiger partial charge in [-0.15, -0.1) is 6.58 Å². The zero-order chi connectivity index (χ0) is 14.5. The largest absolute Gasteiger partial charge is 0.444 e. The van der Waals surface area contributed by atoms with Crippen LogP contribution >= 0.6 is 15.9 Å². The Kier molecular flexibility index (Phi) is 5.54. The molecule has 4 nitrogen and oxygen atoms in total. The molecular formula is C14H19BrN2O2. The second kappa shape index (κ2) is 6.70. The molecule has 0 saturated carbocycles. The summed E-state index contributed by atoms with van der Waals surface area (Å²) in [5.74, 6) is 0. The fourth-order valence-corrected chi connectivity index (χ4v) is 1.85. The number of ether oxygens (including phenoxy) is 1. The molecule has 1 amide bonds. The van der Waals surface area contributed by atoms with Crippen LogP contribution < -0.4 is 5.32 Å². The monoisotopic (exact) mass is 326 g/mol. The molecule has 0 aromatic carbocycles. The van der Waals surface area contributed by atoms with Crippen molar-refractivity contribution >= 4 is 22.0 Å². The van der Waals surface area contributed by atoms with Crippen molar-refractivity contribution in [1.82, 2.24) is 10.3 Å². The Labute approximate surface area is 122 Å². The maximum atomic E-state index is 11.8. The lowest BCUT2D eigenvalue weighted by molar-refractivity contribution is 0.0503. The summed E-state index contributed by atoms with van der Waals surface area (Å²) in [6.45, 7) is 9.18. The molecule has 0 spiro atoms. The first kappa shape index (κ1) is 15.7. The molecule has 0 bridgehead atoms. The lowest BCUT2D eigenvalue weighted by atomic mass is 10.1. The number of hydrogen-bond donors (Lipinski definition) is 1. The number of rotatable bonds is 4. The number of carbonyl (C=O) groups excluding carboxylic acids is 1. The summed E-state index contributed by atoms with van der Waals surface area (Å²) in [7, 11) is 0. The van der Waals surface area contributed by atoms with Gasteiger partial charge in [0.1, 0.15) is 10.2 Å². The van der Waals surface area contributed by atoms with E-state index in [1.807, 2.05) is 39.0 Å². The molecular weight excluding hydrogens is 308 g/mol. The van der Waals surface area contributed by atoms with Crippen molar-refractivity contribution in [3.8, 4) is 0 Å². The molecule has 1 N–H and O–H groups in total. The molecule has 19 heavy (non-hydrogen) atoms. The maximum Gasteiger partial charge on any atom is 0.408 e. The number of halogens is 1. The lowest BCUT2D eigenvalue weighted by Crippen LogP contribution is -2.35. The Hall–Kier alpha value is -1.36. The molecule has 104 valence electrons. The third kappa shape index (κ3) is 5.87. The summed E-state index contributed by atoms with van der Waals surface area (Å²) >= 11 is 3.32. The SMILES string of the molecule is C=CC[C@H](NC(=O)OC(C)(C)C)c1cccc(Br)n1. The maximum absolute atomic E-state index is 11.8. The molecule has 0 saturated heterocycles. The third-order valence-corrected chi connectivity index (χ3v) is 2.63. The van der Waals surface area contributed by atoms with Crippen LogP contribution in [0.3, 0.4) is 0 Å². The van der Waals surface area contributed by atoms with Crippen LogP contribution in [0, 0.1) is 0 Å². The lowest BCUT2D eigenvalue weighted by Gasteiger charge is -2.23. The Morgan fingerprint density at radius 2 is 2.26 bits per heavy atom. The van der Waals surface area contributed by atoms with Crippen molar-refractivity contribution in [3.63, 3.8) is 0 Å². The molecule has 5 heteroatoms. The normalized spacial score (nSPS) is 12.6. The molecule has 1 aromatic rings. The molecule has 0 radical (unpaired) electrons. The third-order valence-electron chi connectivity index (χ3n) is 2.19. The Morgan fingerprint density at radius 3 is 2.79 bits per heavy atom. The fourth-order valence-electron chi connectivity index (χ4n) is 1.49. The second-order valence-corrected chi connectivity index (χ2v) is 5.92. The van der Waals surface area contributed by atoms with Gasteiger partial charge >= 0.3 is 6.09 Å². The minimum Gasteiger partial charge on any atom is -0.444 e. The molecule has 0 aliphatic carbocycles. The topological polar surface area (TPSA) is 51.2 Å². The molecule has 1 aromatic heterocycles. The van der Waals surface area contributed by atoms with E-state index in [1.165, 1.54) is 0 Å². The summed E-state index contributed by atoms with van der Waals surface area (Å²) in [6, 6.07) is 5.32. The van der Waals surface area contributed by atoms with Gasteiger partial charge in [0.15, 0.2) is 0 Å². The van der Waals surface area contributed by atoms with Gasteiger partial charge in [-0.3, -0.25) is 0 Å². The smallest absolute Gasteiger partial charge is 0.408 e.